The summed E-state index contributed by atoms with van der Waals surface area (Å²) in [5.74, 6) is 0.964. The van der Waals surface area contributed by atoms with Gasteiger partial charge in [-0.3, -0.25) is 13.9 Å². The number of benzene rings is 1. The van der Waals surface area contributed by atoms with Crippen LogP contribution < -0.4 is 15.0 Å². The fraction of sp³-hybridized carbons (Fsp3) is 0.294. The van der Waals surface area contributed by atoms with E-state index in [0.717, 1.165) is 0 Å². The second-order valence-corrected chi connectivity index (χ2v) is 7.32. The maximum atomic E-state index is 12.8. The number of fused-ring (bicyclic) bond motifs is 1. The molecule has 0 radical (unpaired) electrons. The molecule has 0 aliphatic carbocycles. The molecule has 3 aromatic rings. The van der Waals surface area contributed by atoms with Crippen molar-refractivity contribution >= 4 is 21.2 Å². The number of ether oxygens (including phenoxy) is 1. The number of hydrogen-bond acceptors (Lipinski definition) is 5. The summed E-state index contributed by atoms with van der Waals surface area (Å²) in [6.45, 7) is 6.16. The van der Waals surface area contributed by atoms with E-state index in [9.17, 15) is 13.2 Å². The SMILES string of the molecule is CCOc1ccccc1NS(=O)(=O)c1cc2c(=O)n(CC)nc(C)n2c1. The van der Waals surface area contributed by atoms with Crippen LogP contribution in [0.2, 0.25) is 0 Å². The molecule has 0 saturated heterocycles. The van der Waals surface area contributed by atoms with Crippen LogP contribution in [0.3, 0.4) is 0 Å². The molecule has 0 aliphatic heterocycles. The third kappa shape index (κ3) is 3.17. The highest BCUT2D eigenvalue weighted by molar-refractivity contribution is 7.92. The van der Waals surface area contributed by atoms with Crippen LogP contribution in [0.1, 0.15) is 19.7 Å². The molecular weight excluding hydrogens is 356 g/mol. The Labute approximate surface area is 151 Å². The van der Waals surface area contributed by atoms with Gasteiger partial charge in [-0.2, -0.15) is 5.10 Å². The van der Waals surface area contributed by atoms with E-state index in [1.54, 1.807) is 38.1 Å². The minimum Gasteiger partial charge on any atom is -0.492 e. The first kappa shape index (κ1) is 18.0. The van der Waals surface area contributed by atoms with Crippen LogP contribution in [0.15, 0.2) is 46.2 Å². The van der Waals surface area contributed by atoms with Gasteiger partial charge in [0, 0.05) is 12.7 Å². The standard InChI is InChI=1S/C17H20N4O4S/c1-4-21-17(22)15-10-13(11-20(15)12(3)18-21)26(23,24)19-14-8-6-7-9-16(14)25-5-2/h6-11,19H,4-5H2,1-3H3. The average Bonchev–Trinajstić information content (AvgIpc) is 3.07. The molecule has 2 aromatic heterocycles. The highest BCUT2D eigenvalue weighted by atomic mass is 32.2. The molecule has 0 atom stereocenters. The molecular formula is C17H20N4O4S. The summed E-state index contributed by atoms with van der Waals surface area (Å²) in [5.41, 5.74) is 0.262. The molecule has 0 spiro atoms. The van der Waals surface area contributed by atoms with Crippen molar-refractivity contribution in [1.29, 1.82) is 0 Å². The van der Waals surface area contributed by atoms with Gasteiger partial charge in [0.1, 0.15) is 22.0 Å². The smallest absolute Gasteiger partial charge is 0.291 e. The summed E-state index contributed by atoms with van der Waals surface area (Å²) >= 11 is 0. The van der Waals surface area contributed by atoms with Gasteiger partial charge >= 0.3 is 0 Å². The Morgan fingerprint density at radius 3 is 2.65 bits per heavy atom. The van der Waals surface area contributed by atoms with E-state index in [1.807, 2.05) is 6.92 Å². The highest BCUT2D eigenvalue weighted by Crippen LogP contribution is 2.27. The van der Waals surface area contributed by atoms with Gasteiger partial charge in [0.05, 0.1) is 12.3 Å². The monoisotopic (exact) mass is 376 g/mol. The normalized spacial score (nSPS) is 11.7. The van der Waals surface area contributed by atoms with Gasteiger partial charge in [0.15, 0.2) is 0 Å². The first-order chi connectivity index (χ1) is 12.4. The van der Waals surface area contributed by atoms with Crippen LogP contribution in [-0.2, 0) is 16.6 Å². The number of hydrogen-bond donors (Lipinski definition) is 1. The van der Waals surface area contributed by atoms with Crippen molar-refractivity contribution in [2.45, 2.75) is 32.2 Å². The lowest BCUT2D eigenvalue weighted by atomic mass is 10.3. The first-order valence-corrected chi connectivity index (χ1v) is 9.70. The second-order valence-electron chi connectivity index (χ2n) is 5.63. The molecule has 0 bridgehead atoms. The zero-order valence-corrected chi connectivity index (χ0v) is 15.6. The van der Waals surface area contributed by atoms with Crippen molar-refractivity contribution in [3.8, 4) is 5.75 Å². The predicted molar refractivity (Wildman–Crippen MR) is 98.3 cm³/mol. The molecule has 9 heteroatoms. The fourth-order valence-corrected chi connectivity index (χ4v) is 3.76. The third-order valence-electron chi connectivity index (χ3n) is 3.90. The molecule has 0 fully saturated rings. The Hall–Kier alpha value is -2.81. The van der Waals surface area contributed by atoms with Crippen molar-refractivity contribution in [1.82, 2.24) is 14.2 Å². The van der Waals surface area contributed by atoms with E-state index < -0.39 is 10.0 Å². The molecule has 3 rings (SSSR count). The quantitative estimate of drug-likeness (QED) is 0.710. The number of sulfonamides is 1. The molecule has 0 amide bonds. The molecule has 1 N–H and O–H groups in total. The van der Waals surface area contributed by atoms with Gasteiger partial charge in [0.2, 0.25) is 0 Å². The van der Waals surface area contributed by atoms with Gasteiger partial charge in [-0.15, -0.1) is 0 Å². The van der Waals surface area contributed by atoms with E-state index in [2.05, 4.69) is 9.82 Å². The molecule has 0 aliphatic rings. The summed E-state index contributed by atoms with van der Waals surface area (Å²) in [6, 6.07) is 8.14. The minimum atomic E-state index is -3.90. The number of aromatic nitrogens is 3. The van der Waals surface area contributed by atoms with Crippen LogP contribution in [-0.4, -0.2) is 29.2 Å². The Bertz CT molecular complexity index is 1120. The van der Waals surface area contributed by atoms with Gasteiger partial charge in [0.25, 0.3) is 15.6 Å². The Morgan fingerprint density at radius 1 is 1.23 bits per heavy atom. The van der Waals surface area contributed by atoms with Crippen molar-refractivity contribution in [2.75, 3.05) is 11.3 Å². The summed E-state index contributed by atoms with van der Waals surface area (Å²) in [7, 11) is -3.90. The van der Waals surface area contributed by atoms with Crippen molar-refractivity contribution < 1.29 is 13.2 Å². The van der Waals surface area contributed by atoms with Crippen LogP contribution in [0.5, 0.6) is 5.75 Å². The molecule has 8 nitrogen and oxygen atoms in total. The lowest BCUT2D eigenvalue weighted by Crippen LogP contribution is -2.25. The molecule has 1 aromatic carbocycles. The number of rotatable bonds is 6. The Kier molecular flexibility index (Phi) is 4.73. The predicted octanol–water partition coefficient (Wildman–Crippen LogP) is 2.02. The number of nitrogens with one attached hydrogen (secondary N) is 1. The third-order valence-corrected chi connectivity index (χ3v) is 5.24. The second kappa shape index (κ2) is 6.83. The van der Waals surface area contributed by atoms with Crippen LogP contribution >= 0.6 is 0 Å². The van der Waals surface area contributed by atoms with Crippen LogP contribution in [0.4, 0.5) is 5.69 Å². The number of aryl methyl sites for hydroxylation is 2. The van der Waals surface area contributed by atoms with E-state index in [1.165, 1.54) is 21.3 Å². The van der Waals surface area contributed by atoms with Crippen LogP contribution in [0.25, 0.3) is 5.52 Å². The average molecular weight is 376 g/mol. The largest absolute Gasteiger partial charge is 0.492 e. The summed E-state index contributed by atoms with van der Waals surface area (Å²) < 4.78 is 36.4. The zero-order chi connectivity index (χ0) is 18.9. The van der Waals surface area contributed by atoms with E-state index in [4.69, 9.17) is 4.74 Å². The van der Waals surface area contributed by atoms with Crippen molar-refractivity contribution in [3.63, 3.8) is 0 Å². The van der Waals surface area contributed by atoms with Crippen molar-refractivity contribution in [2.24, 2.45) is 0 Å². The lowest BCUT2D eigenvalue weighted by molar-refractivity contribution is 0.342. The maximum absolute atomic E-state index is 12.8. The molecule has 138 valence electrons. The summed E-state index contributed by atoms with van der Waals surface area (Å²) in [4.78, 5) is 12.4. The van der Waals surface area contributed by atoms with E-state index in [0.29, 0.717) is 30.4 Å². The number of nitrogens with zero attached hydrogens (tertiary/aromatic N) is 3. The van der Waals surface area contributed by atoms with E-state index in [-0.39, 0.29) is 16.0 Å². The first-order valence-electron chi connectivity index (χ1n) is 8.21. The Morgan fingerprint density at radius 2 is 1.96 bits per heavy atom. The van der Waals surface area contributed by atoms with Gasteiger partial charge in [-0.1, -0.05) is 12.1 Å². The fourth-order valence-electron chi connectivity index (χ4n) is 2.67. The molecule has 0 saturated carbocycles. The lowest BCUT2D eigenvalue weighted by Gasteiger charge is -2.11. The molecule has 26 heavy (non-hydrogen) atoms. The molecule has 0 unspecified atom stereocenters. The highest BCUT2D eigenvalue weighted by Gasteiger charge is 2.20. The topological polar surface area (TPSA) is 94.7 Å². The van der Waals surface area contributed by atoms with Gasteiger partial charge < -0.3 is 4.74 Å². The Balaban J connectivity index is 2.07. The van der Waals surface area contributed by atoms with Crippen LogP contribution in [0, 0.1) is 6.92 Å². The van der Waals surface area contributed by atoms with Crippen molar-refractivity contribution in [3.05, 3.63) is 52.7 Å². The molecule has 2 heterocycles. The van der Waals surface area contributed by atoms with E-state index >= 15 is 0 Å². The summed E-state index contributed by atoms with van der Waals surface area (Å²) in [6.07, 6.45) is 1.39. The summed E-state index contributed by atoms with van der Waals surface area (Å²) in [5, 5.41) is 4.17. The number of para-hydroxylation sites is 2. The zero-order valence-electron chi connectivity index (χ0n) is 14.8. The maximum Gasteiger partial charge on any atom is 0.291 e. The number of anilines is 1. The van der Waals surface area contributed by atoms with Gasteiger partial charge in [-0.05, 0) is 39.0 Å². The minimum absolute atomic E-state index is 0.0142. The van der Waals surface area contributed by atoms with Gasteiger partial charge in [-0.25, -0.2) is 13.1 Å².